The zero-order chi connectivity index (χ0) is 13.3. The molecule has 0 aliphatic heterocycles. The lowest BCUT2D eigenvalue weighted by Gasteiger charge is -2.05. The van der Waals surface area contributed by atoms with Crippen molar-refractivity contribution in [3.8, 4) is 0 Å². The molecule has 0 spiro atoms. The van der Waals surface area contributed by atoms with E-state index in [2.05, 4.69) is 4.98 Å². The number of sulfone groups is 1. The minimum absolute atomic E-state index is 0.0904. The van der Waals surface area contributed by atoms with Crippen LogP contribution in [0.3, 0.4) is 0 Å². The second kappa shape index (κ2) is 4.70. The Bertz CT molecular complexity index is 752. The van der Waals surface area contributed by atoms with Gasteiger partial charge in [-0.05, 0) is 18.2 Å². The van der Waals surface area contributed by atoms with E-state index in [1.54, 1.807) is 12.1 Å². The Morgan fingerprint density at radius 3 is 2.78 bits per heavy atom. The van der Waals surface area contributed by atoms with E-state index in [-0.39, 0.29) is 17.9 Å². The normalized spacial score (nSPS) is 11.9. The molecule has 96 valence electrons. The van der Waals surface area contributed by atoms with Gasteiger partial charge in [-0.25, -0.2) is 13.4 Å². The van der Waals surface area contributed by atoms with Gasteiger partial charge in [0.25, 0.3) is 5.56 Å². The van der Waals surface area contributed by atoms with Gasteiger partial charge in [-0.1, -0.05) is 11.6 Å². The van der Waals surface area contributed by atoms with Crippen molar-refractivity contribution in [2.75, 3.05) is 12.0 Å². The highest BCUT2D eigenvalue weighted by molar-refractivity contribution is 7.90. The van der Waals surface area contributed by atoms with E-state index in [0.717, 1.165) is 6.26 Å². The number of hydrogen-bond donors (Lipinski definition) is 0. The molecule has 7 heteroatoms. The molecule has 1 aromatic carbocycles. The first kappa shape index (κ1) is 13.0. The van der Waals surface area contributed by atoms with Gasteiger partial charge in [-0.3, -0.25) is 9.36 Å². The molecular formula is C11H11ClN2O3S. The van der Waals surface area contributed by atoms with Gasteiger partial charge in [0.1, 0.15) is 9.84 Å². The maximum Gasteiger partial charge on any atom is 0.261 e. The van der Waals surface area contributed by atoms with Crippen molar-refractivity contribution in [2.45, 2.75) is 6.54 Å². The highest BCUT2D eigenvalue weighted by Gasteiger charge is 2.07. The monoisotopic (exact) mass is 286 g/mol. The average Bonchev–Trinajstić information content (AvgIpc) is 2.28. The van der Waals surface area contributed by atoms with Gasteiger partial charge < -0.3 is 0 Å². The third-order valence-corrected chi connectivity index (χ3v) is 3.65. The minimum atomic E-state index is -3.11. The zero-order valence-electron chi connectivity index (χ0n) is 9.63. The van der Waals surface area contributed by atoms with Crippen LogP contribution in [-0.4, -0.2) is 30.0 Å². The Balaban J connectivity index is 2.48. The Morgan fingerprint density at radius 2 is 2.11 bits per heavy atom. The molecule has 0 bridgehead atoms. The number of aromatic nitrogens is 2. The highest BCUT2D eigenvalue weighted by atomic mass is 35.5. The molecule has 0 amide bonds. The van der Waals surface area contributed by atoms with Crippen molar-refractivity contribution < 1.29 is 8.42 Å². The Morgan fingerprint density at radius 1 is 1.39 bits per heavy atom. The SMILES string of the molecule is CS(=O)(=O)CCn1cnc2ccc(Cl)cc2c1=O. The van der Waals surface area contributed by atoms with E-state index in [1.807, 2.05) is 0 Å². The van der Waals surface area contributed by atoms with Crippen molar-refractivity contribution in [2.24, 2.45) is 0 Å². The molecular weight excluding hydrogens is 276 g/mol. The number of nitrogens with zero attached hydrogens (tertiary/aromatic N) is 2. The van der Waals surface area contributed by atoms with E-state index in [1.165, 1.54) is 17.0 Å². The second-order valence-corrected chi connectivity index (χ2v) is 6.73. The molecule has 1 heterocycles. The van der Waals surface area contributed by atoms with Crippen molar-refractivity contribution in [1.82, 2.24) is 9.55 Å². The van der Waals surface area contributed by atoms with Crippen LogP contribution in [0.1, 0.15) is 0 Å². The number of halogens is 1. The summed E-state index contributed by atoms with van der Waals surface area (Å²) in [6.07, 6.45) is 2.48. The van der Waals surface area contributed by atoms with Gasteiger partial charge in [0.05, 0.1) is 23.0 Å². The number of hydrogen-bond acceptors (Lipinski definition) is 4. The molecule has 0 saturated carbocycles. The standard InChI is InChI=1S/C11H11ClN2O3S/c1-18(16,17)5-4-14-7-13-10-3-2-8(12)6-9(10)11(14)15/h2-3,6-7H,4-5H2,1H3. The van der Waals surface area contributed by atoms with Crippen LogP contribution >= 0.6 is 11.6 Å². The molecule has 0 atom stereocenters. The van der Waals surface area contributed by atoms with Crippen LogP contribution in [0, 0.1) is 0 Å². The first-order valence-electron chi connectivity index (χ1n) is 5.19. The summed E-state index contributed by atoms with van der Waals surface area (Å²) < 4.78 is 23.4. The molecule has 0 aliphatic carbocycles. The molecule has 0 aliphatic rings. The summed E-state index contributed by atoms with van der Waals surface area (Å²) in [7, 11) is -3.11. The summed E-state index contributed by atoms with van der Waals surface area (Å²) in [5, 5.41) is 0.834. The van der Waals surface area contributed by atoms with Gasteiger partial charge in [-0.15, -0.1) is 0 Å². The summed E-state index contributed by atoms with van der Waals surface area (Å²) in [6, 6.07) is 4.83. The number of benzene rings is 1. The van der Waals surface area contributed by atoms with Gasteiger partial charge in [0.15, 0.2) is 0 Å². The largest absolute Gasteiger partial charge is 0.298 e. The summed E-state index contributed by atoms with van der Waals surface area (Å²) in [5.74, 6) is -0.0966. The Hall–Kier alpha value is -1.40. The summed E-state index contributed by atoms with van der Waals surface area (Å²) in [5.41, 5.74) is 0.256. The highest BCUT2D eigenvalue weighted by Crippen LogP contribution is 2.13. The van der Waals surface area contributed by atoms with Crippen LogP contribution in [0.5, 0.6) is 0 Å². The predicted molar refractivity (Wildman–Crippen MR) is 70.7 cm³/mol. The van der Waals surface area contributed by atoms with Crippen molar-refractivity contribution in [3.05, 3.63) is 39.9 Å². The fourth-order valence-corrected chi connectivity index (χ4v) is 2.26. The molecule has 0 saturated heterocycles. The van der Waals surface area contributed by atoms with Gasteiger partial charge in [0, 0.05) is 17.8 Å². The molecule has 0 unspecified atom stereocenters. The quantitative estimate of drug-likeness (QED) is 0.847. The molecule has 2 aromatic rings. The summed E-state index contributed by atoms with van der Waals surface area (Å²) >= 11 is 5.82. The van der Waals surface area contributed by atoms with Gasteiger partial charge >= 0.3 is 0 Å². The van der Waals surface area contributed by atoms with E-state index in [4.69, 9.17) is 11.6 Å². The average molecular weight is 287 g/mol. The van der Waals surface area contributed by atoms with Gasteiger partial charge in [0.2, 0.25) is 0 Å². The van der Waals surface area contributed by atoms with E-state index in [9.17, 15) is 13.2 Å². The Kier molecular flexibility index (Phi) is 3.41. The number of rotatable bonds is 3. The van der Waals surface area contributed by atoms with E-state index in [0.29, 0.717) is 15.9 Å². The fourth-order valence-electron chi connectivity index (χ4n) is 1.55. The number of aryl methyl sites for hydroxylation is 1. The molecule has 5 nitrogen and oxygen atoms in total. The lowest BCUT2D eigenvalue weighted by atomic mass is 10.2. The maximum atomic E-state index is 12.1. The zero-order valence-corrected chi connectivity index (χ0v) is 11.2. The number of fused-ring (bicyclic) bond motifs is 1. The van der Waals surface area contributed by atoms with Crippen LogP contribution in [0.25, 0.3) is 10.9 Å². The Labute approximate surface area is 109 Å². The van der Waals surface area contributed by atoms with Crippen LogP contribution < -0.4 is 5.56 Å². The van der Waals surface area contributed by atoms with Crippen LogP contribution in [0.15, 0.2) is 29.3 Å². The minimum Gasteiger partial charge on any atom is -0.298 e. The lowest BCUT2D eigenvalue weighted by Crippen LogP contribution is -2.24. The third-order valence-electron chi connectivity index (χ3n) is 2.49. The first-order chi connectivity index (χ1) is 8.37. The van der Waals surface area contributed by atoms with E-state index >= 15 is 0 Å². The molecule has 0 fully saturated rings. The van der Waals surface area contributed by atoms with Crippen LogP contribution in [0.4, 0.5) is 0 Å². The topological polar surface area (TPSA) is 69.0 Å². The second-order valence-electron chi connectivity index (χ2n) is 4.03. The van der Waals surface area contributed by atoms with E-state index < -0.39 is 9.84 Å². The maximum absolute atomic E-state index is 12.1. The predicted octanol–water partition coefficient (Wildman–Crippen LogP) is 1.09. The molecule has 0 radical (unpaired) electrons. The van der Waals surface area contributed by atoms with Crippen LogP contribution in [-0.2, 0) is 16.4 Å². The first-order valence-corrected chi connectivity index (χ1v) is 7.63. The fraction of sp³-hybridized carbons (Fsp3) is 0.273. The summed E-state index contributed by atoms with van der Waals surface area (Å²) in [6.45, 7) is 0.0904. The molecule has 0 N–H and O–H groups in total. The molecule has 2 rings (SSSR count). The van der Waals surface area contributed by atoms with Crippen molar-refractivity contribution in [3.63, 3.8) is 0 Å². The molecule has 1 aromatic heterocycles. The van der Waals surface area contributed by atoms with Crippen LogP contribution in [0.2, 0.25) is 5.02 Å². The molecule has 18 heavy (non-hydrogen) atoms. The van der Waals surface area contributed by atoms with Crippen molar-refractivity contribution in [1.29, 1.82) is 0 Å². The third kappa shape index (κ3) is 2.88. The van der Waals surface area contributed by atoms with Crippen molar-refractivity contribution >= 4 is 32.3 Å². The summed E-state index contributed by atoms with van der Waals surface area (Å²) in [4.78, 5) is 16.2. The smallest absolute Gasteiger partial charge is 0.261 e. The lowest BCUT2D eigenvalue weighted by molar-refractivity contribution is 0.592. The van der Waals surface area contributed by atoms with Gasteiger partial charge in [-0.2, -0.15) is 0 Å².